The van der Waals surface area contributed by atoms with E-state index in [0.29, 0.717) is 0 Å². The van der Waals surface area contributed by atoms with E-state index in [-0.39, 0.29) is 22.8 Å². The van der Waals surface area contributed by atoms with E-state index in [1.165, 1.54) is 14.0 Å². The standard InChI is InChI=1S/C11H13F2NO3S/c1-7(6-17-3)18(15,16)14-10-5-4-9(12)8(2)11(10)13/h4-5,14H,1,6H2,2-3H3. The van der Waals surface area contributed by atoms with Gasteiger partial charge in [0.1, 0.15) is 5.82 Å². The lowest BCUT2D eigenvalue weighted by Crippen LogP contribution is -2.18. The summed E-state index contributed by atoms with van der Waals surface area (Å²) >= 11 is 0. The summed E-state index contributed by atoms with van der Waals surface area (Å²) in [4.78, 5) is -0.244. The smallest absolute Gasteiger partial charge is 0.259 e. The van der Waals surface area contributed by atoms with Crippen LogP contribution < -0.4 is 4.72 Å². The average molecular weight is 277 g/mol. The van der Waals surface area contributed by atoms with E-state index in [1.54, 1.807) is 0 Å². The molecule has 18 heavy (non-hydrogen) atoms. The third-order valence-corrected chi connectivity index (χ3v) is 3.62. The van der Waals surface area contributed by atoms with Gasteiger partial charge in [0.05, 0.1) is 17.2 Å². The molecule has 0 heterocycles. The molecule has 0 fully saturated rings. The normalized spacial score (nSPS) is 11.3. The Morgan fingerprint density at radius 2 is 2.06 bits per heavy atom. The number of benzene rings is 1. The zero-order valence-electron chi connectivity index (χ0n) is 9.96. The molecule has 4 nitrogen and oxygen atoms in total. The van der Waals surface area contributed by atoms with E-state index in [4.69, 9.17) is 0 Å². The topological polar surface area (TPSA) is 55.4 Å². The van der Waals surface area contributed by atoms with Gasteiger partial charge in [0.15, 0.2) is 5.82 Å². The van der Waals surface area contributed by atoms with E-state index in [2.05, 4.69) is 11.3 Å². The van der Waals surface area contributed by atoms with Crippen molar-refractivity contribution in [3.8, 4) is 0 Å². The first-order chi connectivity index (χ1) is 8.29. The van der Waals surface area contributed by atoms with Crippen molar-refractivity contribution in [1.29, 1.82) is 0 Å². The number of hydrogen-bond donors (Lipinski definition) is 1. The molecule has 1 aromatic rings. The Morgan fingerprint density at radius 1 is 1.44 bits per heavy atom. The van der Waals surface area contributed by atoms with Gasteiger partial charge in [-0.3, -0.25) is 4.72 Å². The quantitative estimate of drug-likeness (QED) is 0.897. The maximum Gasteiger partial charge on any atom is 0.259 e. The van der Waals surface area contributed by atoms with Gasteiger partial charge in [-0.15, -0.1) is 0 Å². The highest BCUT2D eigenvalue weighted by Gasteiger charge is 2.19. The highest BCUT2D eigenvalue weighted by atomic mass is 32.2. The van der Waals surface area contributed by atoms with Crippen LogP contribution >= 0.6 is 0 Å². The molecule has 100 valence electrons. The molecule has 7 heteroatoms. The number of anilines is 1. The van der Waals surface area contributed by atoms with Crippen LogP contribution in [0.25, 0.3) is 0 Å². The van der Waals surface area contributed by atoms with Crippen molar-refractivity contribution in [3.05, 3.63) is 40.8 Å². The molecule has 0 bridgehead atoms. The van der Waals surface area contributed by atoms with Crippen LogP contribution in [0.15, 0.2) is 23.6 Å². The fraction of sp³-hybridized carbons (Fsp3) is 0.273. The average Bonchev–Trinajstić information content (AvgIpc) is 2.30. The van der Waals surface area contributed by atoms with Crippen molar-refractivity contribution in [3.63, 3.8) is 0 Å². The SMILES string of the molecule is C=C(COC)S(=O)(=O)Nc1ccc(F)c(C)c1F. The zero-order valence-corrected chi connectivity index (χ0v) is 10.8. The van der Waals surface area contributed by atoms with Gasteiger partial charge in [-0.05, 0) is 19.1 Å². The molecule has 0 spiro atoms. The molecule has 0 unspecified atom stereocenters. The fourth-order valence-electron chi connectivity index (χ4n) is 1.20. The lowest BCUT2D eigenvalue weighted by Gasteiger charge is -2.11. The van der Waals surface area contributed by atoms with E-state index in [0.717, 1.165) is 12.1 Å². The minimum absolute atomic E-state index is 0.211. The van der Waals surface area contributed by atoms with Crippen molar-refractivity contribution in [2.45, 2.75) is 6.92 Å². The van der Waals surface area contributed by atoms with Gasteiger partial charge in [-0.2, -0.15) is 0 Å². The lowest BCUT2D eigenvalue weighted by atomic mass is 10.2. The van der Waals surface area contributed by atoms with Gasteiger partial charge < -0.3 is 4.74 Å². The Kier molecular flexibility index (Phi) is 4.42. The van der Waals surface area contributed by atoms with Crippen LogP contribution in [0.4, 0.5) is 14.5 Å². The summed E-state index contributed by atoms with van der Waals surface area (Å²) in [6, 6.07) is 1.99. The van der Waals surface area contributed by atoms with Crippen LogP contribution in [-0.2, 0) is 14.8 Å². The highest BCUT2D eigenvalue weighted by molar-refractivity contribution is 7.96. The number of methoxy groups -OCH3 is 1. The minimum Gasteiger partial charge on any atom is -0.379 e. The largest absolute Gasteiger partial charge is 0.379 e. The third kappa shape index (κ3) is 3.05. The second-order valence-corrected chi connectivity index (χ2v) is 5.40. The van der Waals surface area contributed by atoms with Crippen molar-refractivity contribution < 1.29 is 21.9 Å². The summed E-state index contributed by atoms with van der Waals surface area (Å²) in [5, 5.41) is 0. The molecule has 0 saturated heterocycles. The molecular weight excluding hydrogens is 264 g/mol. The molecule has 0 aromatic heterocycles. The fourth-order valence-corrected chi connectivity index (χ4v) is 2.06. The Labute approximate surface area is 104 Å². The summed E-state index contributed by atoms with van der Waals surface area (Å²) in [7, 11) is -2.65. The predicted octanol–water partition coefficient (Wildman–Crippen LogP) is 2.18. The van der Waals surface area contributed by atoms with Crippen molar-refractivity contribution in [2.75, 3.05) is 18.4 Å². The van der Waals surface area contributed by atoms with Gasteiger partial charge in [-0.1, -0.05) is 6.58 Å². The zero-order chi connectivity index (χ0) is 13.9. The number of ether oxygens (including phenoxy) is 1. The van der Waals surface area contributed by atoms with Crippen LogP contribution in [0.2, 0.25) is 0 Å². The first-order valence-corrected chi connectivity index (χ1v) is 6.42. The van der Waals surface area contributed by atoms with Crippen LogP contribution in [0, 0.1) is 18.6 Å². The van der Waals surface area contributed by atoms with E-state index in [9.17, 15) is 17.2 Å². The van der Waals surface area contributed by atoms with Crippen molar-refractivity contribution in [1.82, 2.24) is 0 Å². The number of hydrogen-bond acceptors (Lipinski definition) is 3. The molecule has 0 aliphatic rings. The van der Waals surface area contributed by atoms with Crippen LogP contribution in [0.3, 0.4) is 0 Å². The molecule has 0 aliphatic heterocycles. The van der Waals surface area contributed by atoms with Crippen molar-refractivity contribution in [2.24, 2.45) is 0 Å². The molecule has 0 amide bonds. The molecule has 0 saturated carbocycles. The molecule has 1 N–H and O–H groups in total. The molecular formula is C11H13F2NO3S. The van der Waals surface area contributed by atoms with E-state index < -0.39 is 21.7 Å². The molecule has 0 radical (unpaired) electrons. The molecule has 1 rings (SSSR count). The maximum absolute atomic E-state index is 13.6. The first-order valence-electron chi connectivity index (χ1n) is 4.93. The number of rotatable bonds is 5. The summed E-state index contributed by atoms with van der Waals surface area (Å²) in [6.07, 6.45) is 0. The Bertz CT molecular complexity index is 570. The third-order valence-electron chi connectivity index (χ3n) is 2.25. The number of nitrogens with one attached hydrogen (secondary N) is 1. The van der Waals surface area contributed by atoms with Gasteiger partial charge in [0, 0.05) is 12.7 Å². The Hall–Kier alpha value is -1.47. The predicted molar refractivity (Wildman–Crippen MR) is 64.7 cm³/mol. The maximum atomic E-state index is 13.6. The molecule has 1 aromatic carbocycles. The minimum atomic E-state index is -3.96. The van der Waals surface area contributed by atoms with Gasteiger partial charge in [0.2, 0.25) is 0 Å². The summed E-state index contributed by atoms with van der Waals surface area (Å²) in [6.45, 7) is 4.31. The summed E-state index contributed by atoms with van der Waals surface area (Å²) in [5.74, 6) is -1.70. The molecule has 0 aliphatic carbocycles. The monoisotopic (exact) mass is 277 g/mol. The van der Waals surface area contributed by atoms with Gasteiger partial charge in [-0.25, -0.2) is 17.2 Å². The Morgan fingerprint density at radius 3 is 2.61 bits per heavy atom. The summed E-state index contributed by atoms with van der Waals surface area (Å²) < 4.78 is 56.6. The lowest BCUT2D eigenvalue weighted by molar-refractivity contribution is 0.231. The van der Waals surface area contributed by atoms with E-state index in [1.807, 2.05) is 4.72 Å². The van der Waals surface area contributed by atoms with Crippen LogP contribution in [0.1, 0.15) is 5.56 Å². The van der Waals surface area contributed by atoms with E-state index >= 15 is 0 Å². The second-order valence-electron chi connectivity index (χ2n) is 3.61. The van der Waals surface area contributed by atoms with Crippen LogP contribution in [0.5, 0.6) is 0 Å². The summed E-state index contributed by atoms with van der Waals surface area (Å²) in [5.41, 5.74) is -0.585. The number of sulfonamides is 1. The van der Waals surface area contributed by atoms with Crippen molar-refractivity contribution >= 4 is 15.7 Å². The molecule has 0 atom stereocenters. The number of halogens is 2. The first kappa shape index (κ1) is 14.6. The van der Waals surface area contributed by atoms with Gasteiger partial charge in [0.25, 0.3) is 10.0 Å². The highest BCUT2D eigenvalue weighted by Crippen LogP contribution is 2.22. The second kappa shape index (κ2) is 5.45. The Balaban J connectivity index is 3.06. The van der Waals surface area contributed by atoms with Crippen LogP contribution in [-0.4, -0.2) is 22.1 Å². The van der Waals surface area contributed by atoms with Gasteiger partial charge >= 0.3 is 0 Å².